The molecule has 7 nitrogen and oxygen atoms in total. The number of hydrogen-bond donors (Lipinski definition) is 1. The molecule has 0 saturated carbocycles. The summed E-state index contributed by atoms with van der Waals surface area (Å²) in [5, 5.41) is 4.30. The average Bonchev–Trinajstić information content (AvgIpc) is 2.89. The first-order chi connectivity index (χ1) is 10.8. The third-order valence-electron chi connectivity index (χ3n) is 3.26. The van der Waals surface area contributed by atoms with Gasteiger partial charge in [0.1, 0.15) is 10.7 Å². The zero-order chi connectivity index (χ0) is 16.6. The van der Waals surface area contributed by atoms with Gasteiger partial charge in [-0.3, -0.25) is 4.55 Å². The highest BCUT2D eigenvalue weighted by molar-refractivity contribution is 7.85. The van der Waals surface area contributed by atoms with Gasteiger partial charge in [0.25, 0.3) is 10.1 Å². The molecule has 2 aromatic heterocycles. The molecule has 0 aliphatic rings. The van der Waals surface area contributed by atoms with Crippen LogP contribution in [-0.2, 0) is 10.1 Å². The fraction of sp³-hybridized carbons (Fsp3) is 0.133. The molecule has 118 valence electrons. The summed E-state index contributed by atoms with van der Waals surface area (Å²) < 4.78 is 32.7. The zero-order valence-corrected chi connectivity index (χ0v) is 13.3. The van der Waals surface area contributed by atoms with Crippen LogP contribution in [0.1, 0.15) is 11.4 Å². The lowest BCUT2D eigenvalue weighted by Gasteiger charge is -2.06. The maximum atomic E-state index is 11.1. The van der Waals surface area contributed by atoms with Crippen molar-refractivity contribution < 1.29 is 13.0 Å². The van der Waals surface area contributed by atoms with Crippen molar-refractivity contribution in [2.45, 2.75) is 18.7 Å². The molecular weight excluding hydrogens is 316 g/mol. The summed E-state index contributed by atoms with van der Waals surface area (Å²) in [5.41, 5.74) is 2.00. The maximum Gasteiger partial charge on any atom is 0.296 e. The van der Waals surface area contributed by atoms with Crippen molar-refractivity contribution in [3.8, 4) is 17.2 Å². The predicted octanol–water partition coefficient (Wildman–Crippen LogP) is 2.19. The van der Waals surface area contributed by atoms with E-state index in [1.807, 2.05) is 31.2 Å². The van der Waals surface area contributed by atoms with Crippen molar-refractivity contribution in [2.75, 3.05) is 0 Å². The van der Waals surface area contributed by atoms with Crippen LogP contribution in [0.25, 0.3) is 17.2 Å². The Morgan fingerprint density at radius 3 is 2.30 bits per heavy atom. The first-order valence-electron chi connectivity index (χ1n) is 6.79. The Hall–Kier alpha value is -2.58. The van der Waals surface area contributed by atoms with Gasteiger partial charge in [0.15, 0.2) is 11.6 Å². The Bertz CT molecular complexity index is 945. The van der Waals surface area contributed by atoms with Gasteiger partial charge in [0.2, 0.25) is 0 Å². The highest BCUT2D eigenvalue weighted by Crippen LogP contribution is 2.21. The molecule has 0 aliphatic heterocycles. The molecule has 0 radical (unpaired) electrons. The lowest BCUT2D eigenvalue weighted by Crippen LogP contribution is -2.04. The lowest BCUT2D eigenvalue weighted by molar-refractivity contribution is 0.482. The molecule has 0 fully saturated rings. The van der Waals surface area contributed by atoms with Gasteiger partial charge in [-0.1, -0.05) is 29.8 Å². The molecule has 8 heteroatoms. The molecule has 0 amide bonds. The molecule has 0 unspecified atom stereocenters. The summed E-state index contributed by atoms with van der Waals surface area (Å²) in [7, 11) is -4.27. The van der Waals surface area contributed by atoms with Crippen LogP contribution in [0.5, 0.6) is 0 Å². The number of benzene rings is 1. The van der Waals surface area contributed by atoms with Gasteiger partial charge < -0.3 is 0 Å². The SMILES string of the molecule is Cc1ccc(-c2nc(C)nn2-c2ccc(S(=O)(=O)O)cn2)cc1. The smallest absolute Gasteiger partial charge is 0.282 e. The molecule has 23 heavy (non-hydrogen) atoms. The minimum absolute atomic E-state index is 0.269. The molecule has 0 aliphatic carbocycles. The van der Waals surface area contributed by atoms with E-state index in [4.69, 9.17) is 4.55 Å². The minimum atomic E-state index is -4.27. The second-order valence-electron chi connectivity index (χ2n) is 5.09. The fourth-order valence-corrected chi connectivity index (χ4v) is 2.54. The Labute approximate surface area is 133 Å². The van der Waals surface area contributed by atoms with Crippen LogP contribution in [-0.4, -0.2) is 32.7 Å². The molecule has 0 atom stereocenters. The molecule has 3 rings (SSSR count). The van der Waals surface area contributed by atoms with E-state index in [1.165, 1.54) is 16.8 Å². The van der Waals surface area contributed by atoms with E-state index in [0.717, 1.165) is 17.3 Å². The van der Waals surface area contributed by atoms with Crippen LogP contribution in [0.2, 0.25) is 0 Å². The van der Waals surface area contributed by atoms with Crippen LogP contribution in [0.15, 0.2) is 47.5 Å². The number of rotatable bonds is 3. The van der Waals surface area contributed by atoms with Crippen LogP contribution in [0.3, 0.4) is 0 Å². The second-order valence-corrected chi connectivity index (χ2v) is 6.51. The molecule has 2 heterocycles. The van der Waals surface area contributed by atoms with Crippen molar-refractivity contribution in [1.29, 1.82) is 0 Å². The zero-order valence-electron chi connectivity index (χ0n) is 12.5. The number of hydrogen-bond acceptors (Lipinski definition) is 5. The number of aryl methyl sites for hydroxylation is 2. The van der Waals surface area contributed by atoms with E-state index in [2.05, 4.69) is 15.1 Å². The summed E-state index contributed by atoms with van der Waals surface area (Å²) in [6.07, 6.45) is 1.08. The van der Waals surface area contributed by atoms with E-state index in [1.54, 1.807) is 6.92 Å². The van der Waals surface area contributed by atoms with Gasteiger partial charge in [0, 0.05) is 5.56 Å². The van der Waals surface area contributed by atoms with Crippen LogP contribution < -0.4 is 0 Å². The highest BCUT2D eigenvalue weighted by atomic mass is 32.2. The Morgan fingerprint density at radius 2 is 1.74 bits per heavy atom. The lowest BCUT2D eigenvalue weighted by atomic mass is 10.1. The van der Waals surface area contributed by atoms with Crippen molar-refractivity contribution in [3.63, 3.8) is 0 Å². The molecule has 0 spiro atoms. The summed E-state index contributed by atoms with van der Waals surface area (Å²) in [6, 6.07) is 10.5. The van der Waals surface area contributed by atoms with E-state index in [9.17, 15) is 8.42 Å². The monoisotopic (exact) mass is 330 g/mol. The third-order valence-corrected chi connectivity index (χ3v) is 4.10. The normalized spacial score (nSPS) is 11.6. The number of pyridine rings is 1. The van der Waals surface area contributed by atoms with E-state index in [-0.39, 0.29) is 4.90 Å². The quantitative estimate of drug-likeness (QED) is 0.739. The minimum Gasteiger partial charge on any atom is -0.282 e. The van der Waals surface area contributed by atoms with Crippen LogP contribution in [0, 0.1) is 13.8 Å². The standard InChI is InChI=1S/C15H14N4O3S/c1-10-3-5-12(6-4-10)15-17-11(2)18-19(15)14-8-7-13(9-16-14)23(20,21)22/h3-9H,1-2H3,(H,20,21,22). The van der Waals surface area contributed by atoms with Gasteiger partial charge >= 0.3 is 0 Å². The Morgan fingerprint density at radius 1 is 1.04 bits per heavy atom. The topological polar surface area (TPSA) is 98.0 Å². The van der Waals surface area contributed by atoms with Crippen LogP contribution in [0.4, 0.5) is 0 Å². The van der Waals surface area contributed by atoms with Gasteiger partial charge in [-0.2, -0.15) is 13.1 Å². The van der Waals surface area contributed by atoms with Gasteiger partial charge in [-0.05, 0) is 26.0 Å². The molecule has 0 saturated heterocycles. The fourth-order valence-electron chi connectivity index (χ4n) is 2.11. The van der Waals surface area contributed by atoms with Gasteiger partial charge in [-0.15, -0.1) is 5.10 Å². The van der Waals surface area contributed by atoms with Crippen molar-refractivity contribution >= 4 is 10.1 Å². The number of aromatic nitrogens is 4. The first kappa shape index (κ1) is 15.3. The summed E-state index contributed by atoms with van der Waals surface area (Å²) in [4.78, 5) is 8.19. The van der Waals surface area contributed by atoms with Crippen molar-refractivity contribution in [3.05, 3.63) is 54.0 Å². The first-order valence-corrected chi connectivity index (χ1v) is 8.23. The molecule has 1 N–H and O–H groups in total. The molecule has 1 aromatic carbocycles. The Balaban J connectivity index is 2.09. The van der Waals surface area contributed by atoms with Crippen molar-refractivity contribution in [2.24, 2.45) is 0 Å². The van der Waals surface area contributed by atoms with E-state index in [0.29, 0.717) is 17.5 Å². The van der Waals surface area contributed by atoms with E-state index >= 15 is 0 Å². The highest BCUT2D eigenvalue weighted by Gasteiger charge is 2.14. The van der Waals surface area contributed by atoms with Crippen molar-refractivity contribution in [1.82, 2.24) is 19.7 Å². The predicted molar refractivity (Wildman–Crippen MR) is 83.9 cm³/mol. The summed E-state index contributed by atoms with van der Waals surface area (Å²) in [6.45, 7) is 3.76. The largest absolute Gasteiger partial charge is 0.296 e. The Kier molecular flexibility index (Phi) is 3.70. The average molecular weight is 330 g/mol. The molecular formula is C15H14N4O3S. The van der Waals surface area contributed by atoms with Gasteiger partial charge in [0.05, 0.1) is 6.20 Å². The van der Waals surface area contributed by atoms with Crippen LogP contribution >= 0.6 is 0 Å². The van der Waals surface area contributed by atoms with E-state index < -0.39 is 10.1 Å². The summed E-state index contributed by atoms with van der Waals surface area (Å²) >= 11 is 0. The molecule has 0 bridgehead atoms. The third kappa shape index (κ3) is 3.13. The maximum absolute atomic E-state index is 11.1. The summed E-state index contributed by atoms with van der Waals surface area (Å²) in [5.74, 6) is 1.59. The molecule has 3 aromatic rings. The van der Waals surface area contributed by atoms with Gasteiger partial charge in [-0.25, -0.2) is 9.97 Å². The number of nitrogens with zero attached hydrogens (tertiary/aromatic N) is 4. The second kappa shape index (κ2) is 5.56.